The molecule has 0 radical (unpaired) electrons. The van der Waals surface area contributed by atoms with Crippen LogP contribution in [-0.4, -0.2) is 44.8 Å². The molecule has 0 amide bonds. The summed E-state index contributed by atoms with van der Waals surface area (Å²) in [6.07, 6.45) is 3.36. The maximum absolute atomic E-state index is 5.45. The van der Waals surface area contributed by atoms with E-state index in [0.29, 0.717) is 0 Å². The molecule has 0 bridgehead atoms. The fourth-order valence-electron chi connectivity index (χ4n) is 1.48. The van der Waals surface area contributed by atoms with Crippen LogP contribution in [0.25, 0.3) is 0 Å². The number of hydrogen-bond acceptors (Lipinski definition) is 3. The Hall–Kier alpha value is -0.120. The molecular weight excluding hydrogens is 212 g/mol. The molecule has 3 nitrogen and oxygen atoms in total. The van der Waals surface area contributed by atoms with E-state index in [1.165, 1.54) is 13.0 Å². The maximum atomic E-state index is 5.45. The lowest BCUT2D eigenvalue weighted by Crippen LogP contribution is -2.26. The van der Waals surface area contributed by atoms with Gasteiger partial charge in [-0.15, -0.1) is 0 Å². The predicted molar refractivity (Wildman–Crippen MR) is 79.5 cm³/mol. The summed E-state index contributed by atoms with van der Waals surface area (Å²) >= 11 is 0. The summed E-state index contributed by atoms with van der Waals surface area (Å²) < 4.78 is 5.45. The van der Waals surface area contributed by atoms with Gasteiger partial charge in [-0.25, -0.2) is 0 Å². The maximum Gasteiger partial charge on any atom is 0.0478 e. The van der Waals surface area contributed by atoms with Crippen LogP contribution in [-0.2, 0) is 4.74 Å². The lowest BCUT2D eigenvalue weighted by atomic mass is 10.1. The van der Waals surface area contributed by atoms with E-state index >= 15 is 0 Å². The van der Waals surface area contributed by atoms with Crippen molar-refractivity contribution in [3.8, 4) is 0 Å². The molecule has 0 rings (SSSR count). The van der Waals surface area contributed by atoms with Crippen molar-refractivity contribution in [2.45, 2.75) is 47.0 Å². The van der Waals surface area contributed by atoms with Gasteiger partial charge in [0, 0.05) is 27.7 Å². The van der Waals surface area contributed by atoms with E-state index in [-0.39, 0.29) is 1.43 Å². The van der Waals surface area contributed by atoms with Crippen LogP contribution in [0, 0.1) is 5.92 Å². The Bertz CT molecular complexity index is 137. The molecule has 3 heteroatoms. The van der Waals surface area contributed by atoms with Crippen LogP contribution < -0.4 is 5.73 Å². The first-order valence-corrected chi connectivity index (χ1v) is 7.17. The molecule has 0 spiro atoms. The van der Waals surface area contributed by atoms with Crippen LogP contribution in [0.3, 0.4) is 0 Å². The Kier molecular flexibility index (Phi) is 18.0. The molecular formula is C14H36N2O. The van der Waals surface area contributed by atoms with E-state index in [1.54, 1.807) is 0 Å². The van der Waals surface area contributed by atoms with Crippen molar-refractivity contribution in [1.82, 2.24) is 4.90 Å². The third-order valence-corrected chi connectivity index (χ3v) is 2.64. The summed E-state index contributed by atoms with van der Waals surface area (Å²) in [5.74, 6) is 0.799. The number of nitrogens with zero attached hydrogens (tertiary/aromatic N) is 1. The third-order valence-electron chi connectivity index (χ3n) is 2.64. The van der Waals surface area contributed by atoms with Gasteiger partial charge < -0.3 is 15.4 Å². The van der Waals surface area contributed by atoms with Gasteiger partial charge in [0.2, 0.25) is 0 Å². The molecule has 0 saturated carbocycles. The lowest BCUT2D eigenvalue weighted by molar-refractivity contribution is 0.121. The average molecular weight is 248 g/mol. The summed E-state index contributed by atoms with van der Waals surface area (Å²) in [5.41, 5.74) is 5.37. The molecule has 0 heterocycles. The fourth-order valence-corrected chi connectivity index (χ4v) is 1.48. The molecule has 2 N–H and O–H groups in total. The molecule has 0 aliphatic rings. The van der Waals surface area contributed by atoms with Crippen LogP contribution in [0.2, 0.25) is 0 Å². The first-order valence-electron chi connectivity index (χ1n) is 7.17. The second kappa shape index (κ2) is 15.9. The zero-order valence-electron chi connectivity index (χ0n) is 12.7. The highest BCUT2D eigenvalue weighted by molar-refractivity contribution is 4.57. The molecule has 1 atom stereocenters. The van der Waals surface area contributed by atoms with Gasteiger partial charge in [-0.3, -0.25) is 0 Å². The standard InChI is InChI=1S/C12H28N2O.C2H6.H2/c1-4-12(2)11-14(3)8-6-10-15-9-5-7-13;1-2;/h12H,4-11,13H2,1-3H3;1-2H3;1H. The zero-order valence-corrected chi connectivity index (χ0v) is 12.7. The first-order chi connectivity index (χ1) is 8.20. The van der Waals surface area contributed by atoms with Crippen LogP contribution >= 0.6 is 0 Å². The Morgan fingerprint density at radius 1 is 1.24 bits per heavy atom. The molecule has 1 unspecified atom stereocenters. The van der Waals surface area contributed by atoms with E-state index in [1.807, 2.05) is 13.8 Å². The smallest absolute Gasteiger partial charge is 0.0478 e. The van der Waals surface area contributed by atoms with Crippen molar-refractivity contribution in [2.24, 2.45) is 11.7 Å². The molecule has 17 heavy (non-hydrogen) atoms. The van der Waals surface area contributed by atoms with Gasteiger partial charge in [-0.05, 0) is 32.4 Å². The van der Waals surface area contributed by atoms with Crippen molar-refractivity contribution >= 4 is 0 Å². The van der Waals surface area contributed by atoms with E-state index < -0.39 is 0 Å². The van der Waals surface area contributed by atoms with Crippen molar-refractivity contribution in [2.75, 3.05) is 39.9 Å². The predicted octanol–water partition coefficient (Wildman–Crippen LogP) is 2.99. The largest absolute Gasteiger partial charge is 0.381 e. The van der Waals surface area contributed by atoms with E-state index in [4.69, 9.17) is 10.5 Å². The van der Waals surface area contributed by atoms with E-state index in [2.05, 4.69) is 25.8 Å². The monoisotopic (exact) mass is 248 g/mol. The Labute approximate surface area is 110 Å². The zero-order chi connectivity index (χ0) is 13.5. The summed E-state index contributed by atoms with van der Waals surface area (Å²) in [6, 6.07) is 0. The summed E-state index contributed by atoms with van der Waals surface area (Å²) in [6.45, 7) is 13.3. The van der Waals surface area contributed by atoms with Crippen LogP contribution in [0.5, 0.6) is 0 Å². The van der Waals surface area contributed by atoms with Gasteiger partial charge in [0.15, 0.2) is 0 Å². The Balaban J connectivity index is -0.000000709. The van der Waals surface area contributed by atoms with Gasteiger partial charge in [0.1, 0.15) is 0 Å². The van der Waals surface area contributed by atoms with Crippen molar-refractivity contribution < 1.29 is 6.16 Å². The quantitative estimate of drug-likeness (QED) is 0.604. The normalized spacial score (nSPS) is 12.2. The minimum atomic E-state index is 0. The van der Waals surface area contributed by atoms with Crippen LogP contribution in [0.15, 0.2) is 0 Å². The second-order valence-corrected chi connectivity index (χ2v) is 4.38. The molecule has 0 fully saturated rings. The molecule has 0 aliphatic carbocycles. The Morgan fingerprint density at radius 2 is 1.82 bits per heavy atom. The number of nitrogens with two attached hydrogens (primary N) is 1. The molecule has 0 aromatic rings. The number of rotatable bonds is 10. The third kappa shape index (κ3) is 15.9. The summed E-state index contributed by atoms with van der Waals surface area (Å²) in [5, 5.41) is 0. The van der Waals surface area contributed by atoms with Gasteiger partial charge in [-0.2, -0.15) is 0 Å². The van der Waals surface area contributed by atoms with Gasteiger partial charge in [0.05, 0.1) is 0 Å². The van der Waals surface area contributed by atoms with Crippen LogP contribution in [0.4, 0.5) is 0 Å². The topological polar surface area (TPSA) is 38.5 Å². The lowest BCUT2D eigenvalue weighted by Gasteiger charge is -2.20. The van der Waals surface area contributed by atoms with Crippen molar-refractivity contribution in [1.29, 1.82) is 0 Å². The van der Waals surface area contributed by atoms with Gasteiger partial charge in [-0.1, -0.05) is 34.1 Å². The average Bonchev–Trinajstić information content (AvgIpc) is 2.36. The minimum Gasteiger partial charge on any atom is -0.381 e. The number of ether oxygens (including phenoxy) is 1. The highest BCUT2D eigenvalue weighted by Crippen LogP contribution is 2.02. The minimum absolute atomic E-state index is 0. The summed E-state index contributed by atoms with van der Waals surface area (Å²) in [4.78, 5) is 2.39. The number of hydrogen-bond donors (Lipinski definition) is 1. The highest BCUT2D eigenvalue weighted by Gasteiger charge is 2.03. The molecule has 0 saturated heterocycles. The highest BCUT2D eigenvalue weighted by atomic mass is 16.5. The fraction of sp³-hybridized carbons (Fsp3) is 1.00. The summed E-state index contributed by atoms with van der Waals surface area (Å²) in [7, 11) is 2.19. The molecule has 0 aromatic heterocycles. The van der Waals surface area contributed by atoms with E-state index in [0.717, 1.165) is 45.1 Å². The molecule has 0 aliphatic heterocycles. The van der Waals surface area contributed by atoms with Gasteiger partial charge in [0.25, 0.3) is 0 Å². The first kappa shape index (κ1) is 19.2. The SMILES string of the molecule is CC.CCC(C)CN(C)CCCOCCCN.[HH]. The van der Waals surface area contributed by atoms with Crippen molar-refractivity contribution in [3.63, 3.8) is 0 Å². The second-order valence-electron chi connectivity index (χ2n) is 4.38. The van der Waals surface area contributed by atoms with Gasteiger partial charge >= 0.3 is 0 Å². The Morgan fingerprint density at radius 3 is 2.35 bits per heavy atom. The van der Waals surface area contributed by atoms with Crippen LogP contribution in [0.1, 0.15) is 48.4 Å². The van der Waals surface area contributed by atoms with Crippen molar-refractivity contribution in [3.05, 3.63) is 0 Å². The molecule has 0 aromatic carbocycles. The molecule has 108 valence electrons. The van der Waals surface area contributed by atoms with E-state index in [9.17, 15) is 0 Å².